The van der Waals surface area contributed by atoms with Crippen LogP contribution in [0, 0.1) is 0 Å². The molecule has 18 heavy (non-hydrogen) atoms. The van der Waals surface area contributed by atoms with Gasteiger partial charge in [0, 0.05) is 14.1 Å². The maximum atomic E-state index is 12.7. The Kier molecular flexibility index (Phi) is 2.49. The van der Waals surface area contributed by atoms with Gasteiger partial charge in [-0.3, -0.25) is 13.9 Å². The first-order valence-corrected chi connectivity index (χ1v) is 4.73. The zero-order chi connectivity index (χ0) is 13.7. The standard InChI is InChI=1S/C9H7F3N4O2/c1-15-6-4(7(17)16(2)8(15)18)5(9(10,11)12)13-3-14-6/h3H,1-2H3. The summed E-state index contributed by atoms with van der Waals surface area (Å²) in [5.74, 6) is 0. The van der Waals surface area contributed by atoms with Gasteiger partial charge in [0.1, 0.15) is 11.7 Å². The summed E-state index contributed by atoms with van der Waals surface area (Å²) < 4.78 is 39.7. The number of hydrogen-bond acceptors (Lipinski definition) is 4. The van der Waals surface area contributed by atoms with E-state index in [1.165, 1.54) is 7.05 Å². The molecule has 0 aliphatic rings. The molecule has 0 aliphatic heterocycles. The van der Waals surface area contributed by atoms with Crippen LogP contribution < -0.4 is 11.2 Å². The number of halogens is 3. The van der Waals surface area contributed by atoms with Crippen molar-refractivity contribution in [2.45, 2.75) is 6.18 Å². The van der Waals surface area contributed by atoms with Crippen LogP contribution in [0.15, 0.2) is 15.9 Å². The van der Waals surface area contributed by atoms with Crippen molar-refractivity contribution in [2.75, 3.05) is 0 Å². The number of rotatable bonds is 0. The molecule has 0 bridgehead atoms. The summed E-state index contributed by atoms with van der Waals surface area (Å²) in [5.41, 5.74) is -3.51. The highest BCUT2D eigenvalue weighted by molar-refractivity contribution is 5.76. The van der Waals surface area contributed by atoms with Crippen LogP contribution in [0.1, 0.15) is 5.69 Å². The zero-order valence-electron chi connectivity index (χ0n) is 9.32. The van der Waals surface area contributed by atoms with Crippen molar-refractivity contribution in [1.29, 1.82) is 0 Å². The predicted molar refractivity (Wildman–Crippen MR) is 55.0 cm³/mol. The third-order valence-corrected chi connectivity index (χ3v) is 2.51. The topological polar surface area (TPSA) is 69.8 Å². The Bertz CT molecular complexity index is 744. The van der Waals surface area contributed by atoms with Gasteiger partial charge >= 0.3 is 11.9 Å². The van der Waals surface area contributed by atoms with E-state index in [4.69, 9.17) is 0 Å². The van der Waals surface area contributed by atoms with Crippen LogP contribution in [0.25, 0.3) is 11.0 Å². The highest BCUT2D eigenvalue weighted by Crippen LogP contribution is 2.30. The van der Waals surface area contributed by atoms with Crippen molar-refractivity contribution < 1.29 is 13.2 Å². The Hall–Kier alpha value is -2.19. The largest absolute Gasteiger partial charge is 0.434 e. The Balaban J connectivity index is 3.13. The van der Waals surface area contributed by atoms with Gasteiger partial charge in [-0.05, 0) is 0 Å². The van der Waals surface area contributed by atoms with Gasteiger partial charge < -0.3 is 0 Å². The van der Waals surface area contributed by atoms with Crippen LogP contribution in [0.4, 0.5) is 13.2 Å². The summed E-state index contributed by atoms with van der Waals surface area (Å²) in [6.45, 7) is 0. The fourth-order valence-corrected chi connectivity index (χ4v) is 1.61. The van der Waals surface area contributed by atoms with Gasteiger partial charge in [0.2, 0.25) is 0 Å². The molecule has 6 nitrogen and oxygen atoms in total. The number of fused-ring (bicyclic) bond motifs is 1. The number of nitrogens with zero attached hydrogens (tertiary/aromatic N) is 4. The molecule has 0 aromatic carbocycles. The van der Waals surface area contributed by atoms with Crippen LogP contribution in [0.5, 0.6) is 0 Å². The fraction of sp³-hybridized carbons (Fsp3) is 0.333. The lowest BCUT2D eigenvalue weighted by molar-refractivity contribution is -0.139. The van der Waals surface area contributed by atoms with E-state index >= 15 is 0 Å². The Morgan fingerprint density at radius 3 is 2.28 bits per heavy atom. The van der Waals surface area contributed by atoms with Crippen LogP contribution in [-0.4, -0.2) is 19.1 Å². The number of alkyl halides is 3. The van der Waals surface area contributed by atoms with E-state index in [0.29, 0.717) is 10.9 Å². The molecular weight excluding hydrogens is 253 g/mol. The lowest BCUT2D eigenvalue weighted by Gasteiger charge is -2.10. The SMILES string of the molecule is Cn1c(=O)c2c(C(F)(F)F)ncnc2n(C)c1=O. The average molecular weight is 260 g/mol. The first-order valence-electron chi connectivity index (χ1n) is 4.73. The molecule has 2 rings (SSSR count). The summed E-state index contributed by atoms with van der Waals surface area (Å²) in [6, 6.07) is 0. The van der Waals surface area contributed by atoms with E-state index in [-0.39, 0.29) is 5.65 Å². The van der Waals surface area contributed by atoms with Gasteiger partial charge in [0.25, 0.3) is 5.56 Å². The highest BCUT2D eigenvalue weighted by atomic mass is 19.4. The average Bonchev–Trinajstić information content (AvgIpc) is 2.31. The molecule has 2 aromatic heterocycles. The number of aryl methyl sites for hydroxylation is 1. The van der Waals surface area contributed by atoms with Crippen molar-refractivity contribution >= 4 is 11.0 Å². The summed E-state index contributed by atoms with van der Waals surface area (Å²) in [5, 5.41) is -0.713. The Morgan fingerprint density at radius 1 is 1.11 bits per heavy atom. The first kappa shape index (κ1) is 12.3. The van der Waals surface area contributed by atoms with Gasteiger partial charge in [0.05, 0.1) is 0 Å². The molecule has 0 atom stereocenters. The Morgan fingerprint density at radius 2 is 1.72 bits per heavy atom. The third kappa shape index (κ3) is 1.59. The second-order valence-corrected chi connectivity index (χ2v) is 3.62. The minimum absolute atomic E-state index is 0.342. The lowest BCUT2D eigenvalue weighted by Crippen LogP contribution is -2.38. The molecule has 0 saturated heterocycles. The van der Waals surface area contributed by atoms with Crippen LogP contribution in [-0.2, 0) is 20.3 Å². The third-order valence-electron chi connectivity index (χ3n) is 2.51. The second kappa shape index (κ2) is 3.65. The van der Waals surface area contributed by atoms with Gasteiger partial charge in [0.15, 0.2) is 11.3 Å². The highest BCUT2D eigenvalue weighted by Gasteiger charge is 2.36. The van der Waals surface area contributed by atoms with Gasteiger partial charge in [-0.15, -0.1) is 0 Å². The lowest BCUT2D eigenvalue weighted by atomic mass is 10.2. The summed E-state index contributed by atoms with van der Waals surface area (Å²) in [4.78, 5) is 29.9. The maximum absolute atomic E-state index is 12.7. The van der Waals surface area contributed by atoms with Gasteiger partial charge in [-0.1, -0.05) is 0 Å². The second-order valence-electron chi connectivity index (χ2n) is 3.62. The molecule has 0 radical (unpaired) electrons. The van der Waals surface area contributed by atoms with E-state index in [2.05, 4.69) is 9.97 Å². The molecule has 0 aliphatic carbocycles. The molecule has 0 spiro atoms. The molecule has 9 heteroatoms. The molecule has 0 unspecified atom stereocenters. The van der Waals surface area contributed by atoms with Crippen molar-refractivity contribution in [3.63, 3.8) is 0 Å². The number of aromatic nitrogens is 4. The normalized spacial score (nSPS) is 12.1. The quantitative estimate of drug-likeness (QED) is 0.671. The van der Waals surface area contributed by atoms with E-state index in [1.807, 2.05) is 0 Å². The zero-order valence-corrected chi connectivity index (χ0v) is 9.32. The van der Waals surface area contributed by atoms with Crippen molar-refractivity contribution in [3.8, 4) is 0 Å². The molecule has 0 fully saturated rings. The van der Waals surface area contributed by atoms with Crippen LogP contribution in [0.2, 0.25) is 0 Å². The van der Waals surface area contributed by atoms with Gasteiger partial charge in [-0.2, -0.15) is 13.2 Å². The van der Waals surface area contributed by atoms with E-state index in [0.717, 1.165) is 11.6 Å². The maximum Gasteiger partial charge on any atom is 0.434 e. The minimum atomic E-state index is -4.79. The van der Waals surface area contributed by atoms with Crippen molar-refractivity contribution in [2.24, 2.45) is 14.1 Å². The molecule has 2 heterocycles. The first-order chi connectivity index (χ1) is 8.25. The van der Waals surface area contributed by atoms with E-state index in [9.17, 15) is 22.8 Å². The molecule has 0 saturated carbocycles. The van der Waals surface area contributed by atoms with Crippen molar-refractivity contribution in [1.82, 2.24) is 19.1 Å². The Labute approximate surface area is 97.3 Å². The predicted octanol–water partition coefficient (Wildman–Crippen LogP) is 0.0460. The summed E-state index contributed by atoms with van der Waals surface area (Å²) in [6.07, 6.45) is -4.12. The van der Waals surface area contributed by atoms with Gasteiger partial charge in [-0.25, -0.2) is 14.8 Å². The molecular formula is C9H7F3N4O2. The van der Waals surface area contributed by atoms with E-state index in [1.54, 1.807) is 0 Å². The monoisotopic (exact) mass is 260 g/mol. The summed E-state index contributed by atoms with van der Waals surface area (Å²) in [7, 11) is 2.33. The van der Waals surface area contributed by atoms with E-state index < -0.39 is 28.5 Å². The van der Waals surface area contributed by atoms with Crippen LogP contribution in [0.3, 0.4) is 0 Å². The summed E-state index contributed by atoms with van der Waals surface area (Å²) >= 11 is 0. The van der Waals surface area contributed by atoms with Crippen LogP contribution >= 0.6 is 0 Å². The number of hydrogen-bond donors (Lipinski definition) is 0. The molecule has 0 N–H and O–H groups in total. The minimum Gasteiger partial charge on any atom is -0.280 e. The molecule has 0 amide bonds. The smallest absolute Gasteiger partial charge is 0.280 e. The fourth-order valence-electron chi connectivity index (χ4n) is 1.61. The van der Waals surface area contributed by atoms with Crippen molar-refractivity contribution in [3.05, 3.63) is 32.9 Å². The molecule has 2 aromatic rings. The molecule has 96 valence electrons.